The van der Waals surface area contributed by atoms with E-state index in [9.17, 15) is 14.7 Å². The molecule has 0 saturated carbocycles. The van der Waals surface area contributed by atoms with Crippen molar-refractivity contribution >= 4 is 22.8 Å². The third-order valence-electron chi connectivity index (χ3n) is 4.95. The average molecular weight is 358 g/mol. The molecule has 3 N–H and O–H groups in total. The zero-order chi connectivity index (χ0) is 18.9. The maximum Gasteiger partial charge on any atom is 0.326 e. The molecule has 0 aliphatic carbocycles. The summed E-state index contributed by atoms with van der Waals surface area (Å²) in [5, 5.41) is 13.1. The number of amides is 1. The van der Waals surface area contributed by atoms with Gasteiger partial charge in [0, 0.05) is 23.4 Å². The Labute approximate surface area is 152 Å². The lowest BCUT2D eigenvalue weighted by molar-refractivity contribution is -0.142. The molecule has 6 heteroatoms. The maximum atomic E-state index is 12.6. The lowest BCUT2D eigenvalue weighted by Crippen LogP contribution is -2.48. The first-order valence-electron chi connectivity index (χ1n) is 9.00. The molecular formula is C20H26N2O4. The van der Waals surface area contributed by atoms with Gasteiger partial charge in [-0.2, -0.15) is 0 Å². The fourth-order valence-electron chi connectivity index (χ4n) is 3.34. The van der Waals surface area contributed by atoms with E-state index in [1.54, 1.807) is 6.07 Å². The number of nitrogens with one attached hydrogen (secondary N) is 2. The fourth-order valence-corrected chi connectivity index (χ4v) is 3.34. The van der Waals surface area contributed by atoms with Crippen molar-refractivity contribution in [3.05, 3.63) is 35.5 Å². The predicted molar refractivity (Wildman–Crippen MR) is 99.4 cm³/mol. The predicted octanol–water partition coefficient (Wildman–Crippen LogP) is 3.08. The SMILES string of the molecule is CC(C)(C)c1ccc2cc(C(=O)NC(C(=O)O)C3CCCOC3)[nH]c2c1. The minimum absolute atomic E-state index is 0.0110. The minimum atomic E-state index is -1.03. The molecule has 0 radical (unpaired) electrons. The van der Waals surface area contributed by atoms with Crippen LogP contribution in [-0.2, 0) is 14.9 Å². The summed E-state index contributed by atoms with van der Waals surface area (Å²) in [6, 6.07) is 6.88. The number of fused-ring (bicyclic) bond motifs is 1. The van der Waals surface area contributed by atoms with Gasteiger partial charge in [-0.05, 0) is 36.0 Å². The molecule has 1 aromatic heterocycles. The molecule has 1 saturated heterocycles. The summed E-state index contributed by atoms with van der Waals surface area (Å²) in [7, 11) is 0. The highest BCUT2D eigenvalue weighted by molar-refractivity contribution is 5.99. The number of aliphatic carboxylic acids is 1. The second kappa shape index (κ2) is 7.11. The zero-order valence-electron chi connectivity index (χ0n) is 15.5. The number of rotatable bonds is 4. The number of hydrogen-bond acceptors (Lipinski definition) is 3. The largest absolute Gasteiger partial charge is 0.480 e. The van der Waals surface area contributed by atoms with Crippen molar-refractivity contribution in [2.45, 2.75) is 45.1 Å². The van der Waals surface area contributed by atoms with Gasteiger partial charge in [0.15, 0.2) is 0 Å². The van der Waals surface area contributed by atoms with E-state index in [1.165, 1.54) is 5.56 Å². The number of carbonyl (C=O) groups excluding carboxylic acids is 1. The van der Waals surface area contributed by atoms with Crippen LogP contribution in [0.25, 0.3) is 10.9 Å². The number of benzene rings is 1. The van der Waals surface area contributed by atoms with Crippen LogP contribution in [-0.4, -0.2) is 41.2 Å². The Bertz CT molecular complexity index is 813. The van der Waals surface area contributed by atoms with Crippen molar-refractivity contribution in [3.8, 4) is 0 Å². The summed E-state index contributed by atoms with van der Waals surface area (Å²) in [6.07, 6.45) is 1.55. The van der Waals surface area contributed by atoms with Gasteiger partial charge in [-0.3, -0.25) is 4.79 Å². The lowest BCUT2D eigenvalue weighted by Gasteiger charge is -2.27. The van der Waals surface area contributed by atoms with E-state index in [-0.39, 0.29) is 11.3 Å². The van der Waals surface area contributed by atoms with Crippen LogP contribution in [0.15, 0.2) is 24.3 Å². The molecule has 2 aromatic rings. The molecule has 2 heterocycles. The Morgan fingerprint density at radius 3 is 2.69 bits per heavy atom. The summed E-state index contributed by atoms with van der Waals surface area (Å²) < 4.78 is 5.37. The molecule has 1 amide bonds. The molecule has 6 nitrogen and oxygen atoms in total. The zero-order valence-corrected chi connectivity index (χ0v) is 15.5. The van der Waals surface area contributed by atoms with E-state index in [4.69, 9.17) is 4.74 Å². The fraction of sp³-hybridized carbons (Fsp3) is 0.500. The molecular weight excluding hydrogens is 332 g/mol. The van der Waals surface area contributed by atoms with E-state index in [0.29, 0.717) is 18.9 Å². The summed E-state index contributed by atoms with van der Waals surface area (Å²) in [6.45, 7) is 7.41. The number of carbonyl (C=O) groups is 2. The lowest BCUT2D eigenvalue weighted by atomic mass is 9.87. The number of H-pyrrole nitrogens is 1. The van der Waals surface area contributed by atoms with Gasteiger partial charge in [0.25, 0.3) is 5.91 Å². The third kappa shape index (κ3) is 3.90. The van der Waals surface area contributed by atoms with Gasteiger partial charge in [0.05, 0.1) is 6.61 Å². The van der Waals surface area contributed by atoms with Crippen LogP contribution >= 0.6 is 0 Å². The van der Waals surface area contributed by atoms with Gasteiger partial charge in [-0.25, -0.2) is 4.79 Å². The topological polar surface area (TPSA) is 91.4 Å². The Morgan fingerprint density at radius 2 is 2.08 bits per heavy atom. The van der Waals surface area contributed by atoms with Crippen molar-refractivity contribution in [2.75, 3.05) is 13.2 Å². The quantitative estimate of drug-likeness (QED) is 0.783. The number of aromatic nitrogens is 1. The maximum absolute atomic E-state index is 12.6. The number of ether oxygens (including phenoxy) is 1. The van der Waals surface area contributed by atoms with Gasteiger partial charge >= 0.3 is 5.97 Å². The molecule has 0 spiro atoms. The van der Waals surface area contributed by atoms with E-state index in [2.05, 4.69) is 37.1 Å². The Kier molecular flexibility index (Phi) is 5.05. The molecule has 1 aromatic carbocycles. The highest BCUT2D eigenvalue weighted by Gasteiger charge is 2.32. The van der Waals surface area contributed by atoms with Crippen molar-refractivity contribution in [2.24, 2.45) is 5.92 Å². The smallest absolute Gasteiger partial charge is 0.326 e. The first-order chi connectivity index (χ1) is 12.3. The number of aromatic amines is 1. The van der Waals surface area contributed by atoms with Crippen molar-refractivity contribution in [1.29, 1.82) is 0 Å². The molecule has 26 heavy (non-hydrogen) atoms. The van der Waals surface area contributed by atoms with Crippen LogP contribution < -0.4 is 5.32 Å². The number of hydrogen-bond donors (Lipinski definition) is 3. The van der Waals surface area contributed by atoms with Crippen molar-refractivity contribution in [1.82, 2.24) is 10.3 Å². The van der Waals surface area contributed by atoms with Gasteiger partial charge in [-0.15, -0.1) is 0 Å². The number of carboxylic acid groups (broad SMARTS) is 1. The molecule has 0 bridgehead atoms. The minimum Gasteiger partial charge on any atom is -0.480 e. The summed E-state index contributed by atoms with van der Waals surface area (Å²) in [4.78, 5) is 27.3. The van der Waals surface area contributed by atoms with Crippen LogP contribution in [0.5, 0.6) is 0 Å². The van der Waals surface area contributed by atoms with E-state index in [1.807, 2.05) is 12.1 Å². The highest BCUT2D eigenvalue weighted by atomic mass is 16.5. The first kappa shape index (κ1) is 18.5. The normalized spacial score (nSPS) is 19.3. The molecule has 1 fully saturated rings. The van der Waals surface area contributed by atoms with E-state index < -0.39 is 17.9 Å². The van der Waals surface area contributed by atoms with Crippen molar-refractivity contribution < 1.29 is 19.4 Å². The molecule has 1 aliphatic heterocycles. The van der Waals surface area contributed by atoms with Crippen LogP contribution in [0, 0.1) is 5.92 Å². The summed E-state index contributed by atoms with van der Waals surface area (Å²) in [5.74, 6) is -1.64. The molecule has 1 aliphatic rings. The monoisotopic (exact) mass is 358 g/mol. The second-order valence-corrected chi connectivity index (χ2v) is 8.00. The molecule has 3 rings (SSSR count). The number of carboxylic acids is 1. The Morgan fingerprint density at radius 1 is 1.31 bits per heavy atom. The Balaban J connectivity index is 1.81. The van der Waals surface area contributed by atoms with Crippen LogP contribution in [0.4, 0.5) is 0 Å². The van der Waals surface area contributed by atoms with E-state index in [0.717, 1.165) is 23.7 Å². The third-order valence-corrected chi connectivity index (χ3v) is 4.95. The van der Waals surface area contributed by atoms with Gasteiger partial charge in [0.1, 0.15) is 11.7 Å². The van der Waals surface area contributed by atoms with Gasteiger partial charge in [0.2, 0.25) is 0 Å². The standard InChI is InChI=1S/C20H26N2O4/c1-20(2,3)14-7-6-12-9-16(21-15(12)10-14)18(23)22-17(19(24)25)13-5-4-8-26-11-13/h6-7,9-10,13,17,21H,4-5,8,11H2,1-3H3,(H,22,23)(H,24,25). The Hall–Kier alpha value is -2.34. The van der Waals surface area contributed by atoms with E-state index >= 15 is 0 Å². The highest BCUT2D eigenvalue weighted by Crippen LogP contribution is 2.26. The van der Waals surface area contributed by atoms with Crippen LogP contribution in [0.3, 0.4) is 0 Å². The molecule has 140 valence electrons. The molecule has 2 unspecified atom stereocenters. The summed E-state index contributed by atoms with van der Waals surface area (Å²) in [5.41, 5.74) is 2.42. The van der Waals surface area contributed by atoms with Crippen LogP contribution in [0.2, 0.25) is 0 Å². The first-order valence-corrected chi connectivity index (χ1v) is 9.00. The van der Waals surface area contributed by atoms with Crippen LogP contribution in [0.1, 0.15) is 49.7 Å². The van der Waals surface area contributed by atoms with Gasteiger partial charge in [-0.1, -0.05) is 32.9 Å². The average Bonchev–Trinajstić information content (AvgIpc) is 3.02. The van der Waals surface area contributed by atoms with Crippen molar-refractivity contribution in [3.63, 3.8) is 0 Å². The molecule has 2 atom stereocenters. The summed E-state index contributed by atoms with van der Waals surface area (Å²) >= 11 is 0. The van der Waals surface area contributed by atoms with Gasteiger partial charge < -0.3 is 20.1 Å². The second-order valence-electron chi connectivity index (χ2n) is 8.00.